The molecule has 0 aromatic carbocycles. The summed E-state index contributed by atoms with van der Waals surface area (Å²) in [7, 11) is 0. The van der Waals surface area contributed by atoms with Crippen molar-refractivity contribution in [3.05, 3.63) is 24.0 Å². The van der Waals surface area contributed by atoms with Crippen LogP contribution in [-0.2, 0) is 11.3 Å². The summed E-state index contributed by atoms with van der Waals surface area (Å²) in [4.78, 5) is 0. The fourth-order valence-electron chi connectivity index (χ4n) is 1.52. The van der Waals surface area contributed by atoms with E-state index in [0.717, 1.165) is 5.56 Å². The molecule has 1 atom stereocenters. The maximum Gasteiger partial charge on any atom is 0.411 e. The first-order chi connectivity index (χ1) is 8.29. The molecular weight excluding hydrogens is 247 g/mol. The van der Waals surface area contributed by atoms with Crippen LogP contribution in [0.25, 0.3) is 0 Å². The Hall–Kier alpha value is -1.01. The molecule has 0 aliphatic carbocycles. The second kappa shape index (κ2) is 6.24. The van der Waals surface area contributed by atoms with Crippen LogP contribution in [0.1, 0.15) is 25.5 Å². The highest BCUT2D eigenvalue weighted by Gasteiger charge is 2.27. The van der Waals surface area contributed by atoms with Crippen LogP contribution in [0.15, 0.2) is 18.5 Å². The van der Waals surface area contributed by atoms with Crippen molar-refractivity contribution in [1.29, 1.82) is 0 Å². The van der Waals surface area contributed by atoms with E-state index in [1.54, 1.807) is 23.0 Å². The van der Waals surface area contributed by atoms with Gasteiger partial charge in [-0.25, -0.2) is 0 Å². The summed E-state index contributed by atoms with van der Waals surface area (Å²) in [5, 5.41) is 9.80. The average molecular weight is 265 g/mol. The van der Waals surface area contributed by atoms with E-state index in [9.17, 15) is 18.3 Å². The first-order valence-corrected chi connectivity index (χ1v) is 5.78. The lowest BCUT2D eigenvalue weighted by Gasteiger charge is -2.12. The minimum absolute atomic E-state index is 0.00853. The van der Waals surface area contributed by atoms with Gasteiger partial charge in [-0.1, -0.05) is 13.8 Å². The van der Waals surface area contributed by atoms with Crippen molar-refractivity contribution in [2.75, 3.05) is 13.2 Å². The standard InChI is InChI=1S/C12H18F3NO2/c1-9(2)11(17)10-3-4-16(7-10)5-6-18-8-12(13,14)15/h3-4,7,9,11,17H,5-6,8H2,1-2H3. The monoisotopic (exact) mass is 265 g/mol. The first kappa shape index (κ1) is 15.0. The van der Waals surface area contributed by atoms with E-state index < -0.39 is 18.9 Å². The highest BCUT2D eigenvalue weighted by Crippen LogP contribution is 2.21. The molecule has 0 aliphatic rings. The van der Waals surface area contributed by atoms with Crippen molar-refractivity contribution in [3.8, 4) is 0 Å². The number of aliphatic hydroxyl groups is 1. The Morgan fingerprint density at radius 1 is 1.39 bits per heavy atom. The molecule has 0 bridgehead atoms. The Balaban J connectivity index is 2.36. The molecule has 0 amide bonds. The summed E-state index contributed by atoms with van der Waals surface area (Å²) in [5.74, 6) is 0.0994. The van der Waals surface area contributed by atoms with Gasteiger partial charge < -0.3 is 14.4 Å². The Morgan fingerprint density at radius 3 is 2.61 bits per heavy atom. The largest absolute Gasteiger partial charge is 0.411 e. The number of rotatable bonds is 6. The maximum absolute atomic E-state index is 11.8. The molecule has 6 heteroatoms. The van der Waals surface area contributed by atoms with Crippen LogP contribution in [0.4, 0.5) is 13.2 Å². The molecule has 1 aromatic rings. The fourth-order valence-corrected chi connectivity index (χ4v) is 1.52. The van der Waals surface area contributed by atoms with E-state index in [2.05, 4.69) is 4.74 Å². The van der Waals surface area contributed by atoms with Crippen molar-refractivity contribution < 1.29 is 23.0 Å². The van der Waals surface area contributed by atoms with Crippen LogP contribution in [0.3, 0.4) is 0 Å². The zero-order valence-electron chi connectivity index (χ0n) is 10.4. The predicted octanol–water partition coefficient (Wildman–Crippen LogP) is 2.76. The van der Waals surface area contributed by atoms with Gasteiger partial charge in [-0.05, 0) is 17.5 Å². The van der Waals surface area contributed by atoms with Gasteiger partial charge in [-0.3, -0.25) is 0 Å². The van der Waals surface area contributed by atoms with Gasteiger partial charge in [0.15, 0.2) is 0 Å². The average Bonchev–Trinajstić information content (AvgIpc) is 2.70. The summed E-state index contributed by atoms with van der Waals surface area (Å²) in [6.07, 6.45) is -1.39. The Bertz CT molecular complexity index is 360. The van der Waals surface area contributed by atoms with Crippen LogP contribution in [-0.4, -0.2) is 29.1 Å². The van der Waals surface area contributed by atoms with Crippen molar-refractivity contribution in [1.82, 2.24) is 4.57 Å². The van der Waals surface area contributed by atoms with Gasteiger partial charge in [0.2, 0.25) is 0 Å². The molecule has 1 N–H and O–H groups in total. The van der Waals surface area contributed by atoms with Crippen molar-refractivity contribution in [2.45, 2.75) is 32.7 Å². The molecular formula is C12H18F3NO2. The molecule has 0 aliphatic heterocycles. The third-order valence-corrected chi connectivity index (χ3v) is 2.51. The van der Waals surface area contributed by atoms with Gasteiger partial charge in [0.25, 0.3) is 0 Å². The molecule has 0 radical (unpaired) electrons. The third-order valence-electron chi connectivity index (χ3n) is 2.51. The van der Waals surface area contributed by atoms with Crippen molar-refractivity contribution in [2.24, 2.45) is 5.92 Å². The summed E-state index contributed by atoms with van der Waals surface area (Å²) >= 11 is 0. The van der Waals surface area contributed by atoms with E-state index in [1.165, 1.54) is 0 Å². The van der Waals surface area contributed by atoms with Crippen LogP contribution < -0.4 is 0 Å². The van der Waals surface area contributed by atoms with E-state index in [1.807, 2.05) is 13.8 Å². The molecule has 0 spiro atoms. The van der Waals surface area contributed by atoms with Crippen LogP contribution >= 0.6 is 0 Å². The zero-order valence-corrected chi connectivity index (χ0v) is 10.4. The Kier molecular flexibility index (Phi) is 5.22. The minimum atomic E-state index is -4.28. The molecule has 18 heavy (non-hydrogen) atoms. The molecule has 1 rings (SSSR count). The maximum atomic E-state index is 11.8. The SMILES string of the molecule is CC(C)C(O)c1ccn(CCOCC(F)(F)F)c1. The summed E-state index contributed by atoms with van der Waals surface area (Å²) in [6.45, 7) is 2.89. The summed E-state index contributed by atoms with van der Waals surface area (Å²) < 4.78 is 41.7. The number of halogens is 3. The van der Waals surface area contributed by atoms with Gasteiger partial charge in [-0.15, -0.1) is 0 Å². The number of aliphatic hydroxyl groups excluding tert-OH is 1. The molecule has 0 saturated carbocycles. The minimum Gasteiger partial charge on any atom is -0.388 e. The van der Waals surface area contributed by atoms with Crippen LogP contribution in [0.5, 0.6) is 0 Å². The van der Waals surface area contributed by atoms with Crippen molar-refractivity contribution in [3.63, 3.8) is 0 Å². The van der Waals surface area contributed by atoms with Crippen LogP contribution in [0.2, 0.25) is 0 Å². The van der Waals surface area contributed by atoms with Gasteiger partial charge >= 0.3 is 6.18 Å². The molecule has 1 heterocycles. The third kappa shape index (κ3) is 5.10. The normalized spacial score (nSPS) is 14.2. The lowest BCUT2D eigenvalue weighted by Crippen LogP contribution is -2.18. The second-order valence-electron chi connectivity index (χ2n) is 4.54. The molecule has 0 fully saturated rings. The van der Waals surface area contributed by atoms with E-state index in [4.69, 9.17) is 0 Å². The molecule has 1 unspecified atom stereocenters. The Morgan fingerprint density at radius 2 is 2.06 bits per heavy atom. The van der Waals surface area contributed by atoms with Gasteiger partial charge in [0, 0.05) is 18.9 Å². The number of hydrogen-bond donors (Lipinski definition) is 1. The molecule has 104 valence electrons. The fraction of sp³-hybridized carbons (Fsp3) is 0.667. The lowest BCUT2D eigenvalue weighted by molar-refractivity contribution is -0.174. The van der Waals surface area contributed by atoms with Gasteiger partial charge in [0.1, 0.15) is 6.61 Å². The lowest BCUT2D eigenvalue weighted by atomic mass is 10.0. The predicted molar refractivity (Wildman–Crippen MR) is 61.1 cm³/mol. The first-order valence-electron chi connectivity index (χ1n) is 5.78. The zero-order chi connectivity index (χ0) is 13.8. The summed E-state index contributed by atoms with van der Waals surface area (Å²) in [5.41, 5.74) is 0.765. The van der Waals surface area contributed by atoms with Gasteiger partial charge in [0.05, 0.1) is 12.7 Å². The number of nitrogens with zero attached hydrogens (tertiary/aromatic N) is 1. The number of hydrogen-bond acceptors (Lipinski definition) is 2. The number of ether oxygens (including phenoxy) is 1. The quantitative estimate of drug-likeness (QED) is 0.802. The number of alkyl halides is 3. The molecule has 1 aromatic heterocycles. The molecule has 3 nitrogen and oxygen atoms in total. The van der Waals surface area contributed by atoms with E-state index in [-0.39, 0.29) is 12.5 Å². The number of aromatic nitrogens is 1. The van der Waals surface area contributed by atoms with E-state index in [0.29, 0.717) is 6.54 Å². The Labute approximate surface area is 104 Å². The van der Waals surface area contributed by atoms with Crippen molar-refractivity contribution >= 4 is 0 Å². The highest BCUT2D eigenvalue weighted by atomic mass is 19.4. The smallest absolute Gasteiger partial charge is 0.388 e. The van der Waals surface area contributed by atoms with E-state index >= 15 is 0 Å². The van der Waals surface area contributed by atoms with Crippen LogP contribution in [0, 0.1) is 5.92 Å². The molecule has 0 saturated heterocycles. The second-order valence-corrected chi connectivity index (χ2v) is 4.54. The highest BCUT2D eigenvalue weighted by molar-refractivity contribution is 5.14. The van der Waals surface area contributed by atoms with Gasteiger partial charge in [-0.2, -0.15) is 13.2 Å². The summed E-state index contributed by atoms with van der Waals surface area (Å²) in [6, 6.07) is 1.76. The topological polar surface area (TPSA) is 34.4 Å².